The molecule has 0 spiro atoms. The number of nitrogens with one attached hydrogen (secondary N) is 1. The van der Waals surface area contributed by atoms with Gasteiger partial charge in [-0.15, -0.1) is 0 Å². The van der Waals surface area contributed by atoms with E-state index >= 15 is 0 Å². The average Bonchev–Trinajstić information content (AvgIpc) is 2.41. The number of hydrogen-bond donors (Lipinski definition) is 1. The van der Waals surface area contributed by atoms with Gasteiger partial charge in [-0.05, 0) is 48.2 Å². The molecule has 0 saturated heterocycles. The summed E-state index contributed by atoms with van der Waals surface area (Å²) in [5.41, 5.74) is 3.41. The Hall–Kier alpha value is -2.16. The van der Waals surface area contributed by atoms with Gasteiger partial charge in [0.05, 0.1) is 0 Å². The van der Waals surface area contributed by atoms with Crippen LogP contribution in [0.5, 0.6) is 0 Å². The fraction of sp³-hybridized carbons (Fsp3) is 0.235. The molecule has 0 aliphatic rings. The molecule has 3 heteroatoms. The van der Waals surface area contributed by atoms with Crippen molar-refractivity contribution in [3.05, 3.63) is 65.0 Å². The highest BCUT2D eigenvalue weighted by Crippen LogP contribution is 2.27. The minimum Gasteiger partial charge on any atom is -0.321 e. The Kier molecular flexibility index (Phi) is 4.18. The van der Waals surface area contributed by atoms with E-state index in [-0.39, 0.29) is 11.7 Å². The molecule has 104 valence electrons. The normalized spacial score (nSPS) is 10.7. The van der Waals surface area contributed by atoms with Crippen LogP contribution in [0.2, 0.25) is 0 Å². The predicted molar refractivity (Wildman–Crippen MR) is 79.6 cm³/mol. The van der Waals surface area contributed by atoms with Crippen LogP contribution >= 0.6 is 0 Å². The van der Waals surface area contributed by atoms with E-state index in [4.69, 9.17) is 0 Å². The van der Waals surface area contributed by atoms with Gasteiger partial charge in [-0.25, -0.2) is 4.39 Å². The predicted octanol–water partition coefficient (Wildman–Crippen LogP) is 4.51. The molecule has 1 amide bonds. The maximum absolute atomic E-state index is 12.9. The number of amides is 1. The van der Waals surface area contributed by atoms with Crippen LogP contribution in [0.15, 0.2) is 42.5 Å². The third-order valence-electron chi connectivity index (χ3n) is 3.27. The molecule has 0 radical (unpaired) electrons. The summed E-state index contributed by atoms with van der Waals surface area (Å²) in [6.07, 6.45) is 0. The summed E-state index contributed by atoms with van der Waals surface area (Å²) >= 11 is 0. The van der Waals surface area contributed by atoms with Crippen LogP contribution in [0.25, 0.3) is 0 Å². The number of halogens is 1. The second-order valence-electron chi connectivity index (χ2n) is 5.15. The zero-order chi connectivity index (χ0) is 14.7. The summed E-state index contributed by atoms with van der Waals surface area (Å²) in [6, 6.07) is 11.5. The number of aryl methyl sites for hydroxylation is 1. The van der Waals surface area contributed by atoms with Crippen molar-refractivity contribution in [1.82, 2.24) is 0 Å². The molecule has 20 heavy (non-hydrogen) atoms. The molecule has 2 nitrogen and oxygen atoms in total. The zero-order valence-corrected chi connectivity index (χ0v) is 11.9. The number of hydrogen-bond acceptors (Lipinski definition) is 1. The molecular formula is C17H18FNO. The van der Waals surface area contributed by atoms with Gasteiger partial charge in [-0.2, -0.15) is 0 Å². The summed E-state index contributed by atoms with van der Waals surface area (Å²) in [6.45, 7) is 6.14. The minimum atomic E-state index is -0.347. The first-order valence-corrected chi connectivity index (χ1v) is 6.65. The Bertz CT molecular complexity index is 617. The fourth-order valence-electron chi connectivity index (χ4n) is 2.13. The van der Waals surface area contributed by atoms with Gasteiger partial charge in [0.2, 0.25) is 0 Å². The minimum absolute atomic E-state index is 0.221. The maximum Gasteiger partial charge on any atom is 0.255 e. The van der Waals surface area contributed by atoms with Gasteiger partial charge in [0.1, 0.15) is 5.82 Å². The van der Waals surface area contributed by atoms with Crippen molar-refractivity contribution in [3.8, 4) is 0 Å². The Morgan fingerprint density at radius 2 is 1.75 bits per heavy atom. The molecule has 2 aromatic carbocycles. The van der Waals surface area contributed by atoms with Gasteiger partial charge < -0.3 is 5.32 Å². The van der Waals surface area contributed by atoms with E-state index in [1.54, 1.807) is 0 Å². The molecule has 1 N–H and O–H groups in total. The third kappa shape index (κ3) is 3.05. The molecule has 0 aliphatic carbocycles. The largest absolute Gasteiger partial charge is 0.321 e. The lowest BCUT2D eigenvalue weighted by Crippen LogP contribution is -2.14. The standard InChI is InChI=1S/C17H18FNO/c1-11(2)15-6-4-5-12(3)16(15)19-17(20)13-7-9-14(18)10-8-13/h4-11H,1-3H3,(H,19,20). The Balaban J connectivity index is 2.30. The SMILES string of the molecule is Cc1cccc(C(C)C)c1NC(=O)c1ccc(F)cc1. The highest BCUT2D eigenvalue weighted by Gasteiger charge is 2.13. The van der Waals surface area contributed by atoms with Gasteiger partial charge in [-0.1, -0.05) is 32.0 Å². The van der Waals surface area contributed by atoms with Crippen LogP contribution in [0.4, 0.5) is 10.1 Å². The topological polar surface area (TPSA) is 29.1 Å². The van der Waals surface area contributed by atoms with E-state index in [2.05, 4.69) is 19.2 Å². The Labute approximate surface area is 118 Å². The molecular weight excluding hydrogens is 253 g/mol. The second-order valence-corrected chi connectivity index (χ2v) is 5.15. The lowest BCUT2D eigenvalue weighted by molar-refractivity contribution is 0.102. The van der Waals surface area contributed by atoms with Gasteiger partial charge >= 0.3 is 0 Å². The first kappa shape index (κ1) is 14.3. The highest BCUT2D eigenvalue weighted by molar-refractivity contribution is 6.05. The van der Waals surface area contributed by atoms with Crippen LogP contribution in [-0.4, -0.2) is 5.91 Å². The number of anilines is 1. The van der Waals surface area contributed by atoms with Crippen molar-refractivity contribution < 1.29 is 9.18 Å². The molecule has 0 fully saturated rings. The lowest BCUT2D eigenvalue weighted by Gasteiger charge is -2.16. The molecule has 0 heterocycles. The highest BCUT2D eigenvalue weighted by atomic mass is 19.1. The van der Waals surface area contributed by atoms with Crippen molar-refractivity contribution in [1.29, 1.82) is 0 Å². The van der Waals surface area contributed by atoms with E-state index < -0.39 is 0 Å². The summed E-state index contributed by atoms with van der Waals surface area (Å²) in [7, 11) is 0. The first-order valence-electron chi connectivity index (χ1n) is 6.65. The molecule has 0 aromatic heterocycles. The maximum atomic E-state index is 12.9. The van der Waals surface area contributed by atoms with Crippen molar-refractivity contribution in [2.45, 2.75) is 26.7 Å². The summed E-state index contributed by atoms with van der Waals surface area (Å²) in [5, 5.41) is 2.93. The molecule has 0 bridgehead atoms. The Morgan fingerprint density at radius 1 is 1.10 bits per heavy atom. The van der Waals surface area contributed by atoms with E-state index in [0.717, 1.165) is 16.8 Å². The molecule has 0 aliphatic heterocycles. The Morgan fingerprint density at radius 3 is 2.35 bits per heavy atom. The molecule has 2 aromatic rings. The van der Waals surface area contributed by atoms with Gasteiger partial charge in [0, 0.05) is 11.3 Å². The van der Waals surface area contributed by atoms with Gasteiger partial charge in [0.15, 0.2) is 0 Å². The van der Waals surface area contributed by atoms with E-state index in [9.17, 15) is 9.18 Å². The molecule has 0 atom stereocenters. The number of rotatable bonds is 3. The van der Waals surface area contributed by atoms with Crippen LogP contribution in [0.3, 0.4) is 0 Å². The van der Waals surface area contributed by atoms with Crippen LogP contribution in [0.1, 0.15) is 41.3 Å². The average molecular weight is 271 g/mol. The second kappa shape index (κ2) is 5.87. The monoisotopic (exact) mass is 271 g/mol. The third-order valence-corrected chi connectivity index (χ3v) is 3.27. The molecule has 2 rings (SSSR count). The van der Waals surface area contributed by atoms with E-state index in [0.29, 0.717) is 11.5 Å². The van der Waals surface area contributed by atoms with Gasteiger partial charge in [0.25, 0.3) is 5.91 Å². The van der Waals surface area contributed by atoms with Crippen molar-refractivity contribution in [3.63, 3.8) is 0 Å². The first-order chi connectivity index (χ1) is 9.49. The summed E-state index contributed by atoms with van der Waals surface area (Å²) in [4.78, 5) is 12.2. The van der Waals surface area contributed by atoms with Crippen molar-refractivity contribution >= 4 is 11.6 Å². The van der Waals surface area contributed by atoms with Crippen molar-refractivity contribution in [2.75, 3.05) is 5.32 Å². The molecule has 0 saturated carbocycles. The lowest BCUT2D eigenvalue weighted by atomic mass is 9.98. The smallest absolute Gasteiger partial charge is 0.255 e. The van der Waals surface area contributed by atoms with E-state index in [1.807, 2.05) is 25.1 Å². The summed E-state index contributed by atoms with van der Waals surface area (Å²) < 4.78 is 12.9. The number of carbonyl (C=O) groups excluding carboxylic acids is 1. The summed E-state index contributed by atoms with van der Waals surface area (Å²) in [5.74, 6) is -0.250. The number of para-hydroxylation sites is 1. The van der Waals surface area contributed by atoms with Crippen LogP contribution < -0.4 is 5.32 Å². The number of carbonyl (C=O) groups is 1. The fourth-order valence-corrected chi connectivity index (χ4v) is 2.13. The zero-order valence-electron chi connectivity index (χ0n) is 11.9. The molecule has 0 unspecified atom stereocenters. The van der Waals surface area contributed by atoms with Crippen LogP contribution in [-0.2, 0) is 0 Å². The number of benzene rings is 2. The van der Waals surface area contributed by atoms with Crippen LogP contribution in [0, 0.1) is 12.7 Å². The quantitative estimate of drug-likeness (QED) is 0.874. The van der Waals surface area contributed by atoms with Gasteiger partial charge in [-0.3, -0.25) is 4.79 Å². The van der Waals surface area contributed by atoms with E-state index in [1.165, 1.54) is 24.3 Å². The van der Waals surface area contributed by atoms with Crippen molar-refractivity contribution in [2.24, 2.45) is 0 Å².